The van der Waals surface area contributed by atoms with Crippen molar-refractivity contribution in [3.8, 4) is 0 Å². The summed E-state index contributed by atoms with van der Waals surface area (Å²) in [5, 5.41) is 0. The van der Waals surface area contributed by atoms with Crippen molar-refractivity contribution in [1.82, 2.24) is 0 Å². The number of hydrogen-bond donors (Lipinski definition) is 3. The third-order valence-corrected chi connectivity index (χ3v) is 4.51. The maximum absolute atomic E-state index is 5.34. The molecule has 3 nitrogen and oxygen atoms in total. The van der Waals surface area contributed by atoms with Crippen LogP contribution in [0.2, 0.25) is 0 Å². The maximum atomic E-state index is 5.34. The summed E-state index contributed by atoms with van der Waals surface area (Å²) < 4.78 is 0.861. The zero-order valence-electron chi connectivity index (χ0n) is 6.26. The lowest BCUT2D eigenvalue weighted by atomic mass is 10.7. The first-order valence-corrected chi connectivity index (χ1v) is 6.66. The van der Waals surface area contributed by atoms with Gasteiger partial charge in [-0.3, -0.25) is 0 Å². The number of thiocarbonyl (C=S) groups is 3. The molecular formula is C3H6BN3S6. The average molecular weight is 287 g/mol. The zero-order valence-corrected chi connectivity index (χ0v) is 11.2. The summed E-state index contributed by atoms with van der Waals surface area (Å²) in [5.74, 6) is 0. The maximum Gasteiger partial charge on any atom is 0.362 e. The molecule has 0 unspecified atom stereocenters. The molecule has 6 N–H and O–H groups in total. The highest BCUT2D eigenvalue weighted by atomic mass is 32.3. The van der Waals surface area contributed by atoms with E-state index in [-0.39, 0.29) is 4.55 Å². The Labute approximate surface area is 105 Å². The quantitative estimate of drug-likeness (QED) is 0.518. The van der Waals surface area contributed by atoms with Gasteiger partial charge in [0.25, 0.3) is 0 Å². The fourth-order valence-electron chi connectivity index (χ4n) is 0.357. The van der Waals surface area contributed by atoms with E-state index in [2.05, 4.69) is 0 Å². The molecule has 0 fully saturated rings. The first-order valence-electron chi connectivity index (χ1n) is 2.80. The molecule has 0 atom stereocenters. The van der Waals surface area contributed by atoms with Gasteiger partial charge < -0.3 is 17.2 Å². The molecule has 0 aromatic rings. The molecule has 0 rings (SSSR count). The van der Waals surface area contributed by atoms with Gasteiger partial charge in [0.1, 0.15) is 13.0 Å². The third-order valence-electron chi connectivity index (χ3n) is 0.637. The third kappa shape index (κ3) is 9.10. The van der Waals surface area contributed by atoms with Gasteiger partial charge in [-0.1, -0.05) is 36.7 Å². The van der Waals surface area contributed by atoms with Gasteiger partial charge in [-0.05, 0) is 0 Å². The normalized spacial score (nSPS) is 9.23. The second-order valence-electron chi connectivity index (χ2n) is 1.60. The molecule has 10 heteroatoms. The van der Waals surface area contributed by atoms with Gasteiger partial charge >= 0.3 is 4.55 Å². The van der Waals surface area contributed by atoms with Crippen molar-refractivity contribution in [2.75, 3.05) is 0 Å². The highest BCUT2D eigenvalue weighted by molar-refractivity contribution is 8.86. The molecule has 13 heavy (non-hydrogen) atoms. The Morgan fingerprint density at radius 1 is 0.769 bits per heavy atom. The summed E-state index contributed by atoms with van der Waals surface area (Å²) in [4.78, 5) is 0. The Kier molecular flexibility index (Phi) is 7.56. The molecule has 0 heterocycles. The average Bonchev–Trinajstić information content (AvgIpc) is 1.80. The van der Waals surface area contributed by atoms with E-state index in [1.54, 1.807) is 0 Å². The Balaban J connectivity index is 4.10. The molecular weight excluding hydrogens is 281 g/mol. The summed E-state index contributed by atoms with van der Waals surface area (Å²) in [6, 6.07) is 0. The van der Waals surface area contributed by atoms with Gasteiger partial charge in [0.2, 0.25) is 0 Å². The van der Waals surface area contributed by atoms with E-state index in [0.717, 1.165) is 0 Å². The van der Waals surface area contributed by atoms with Crippen LogP contribution in [0.25, 0.3) is 0 Å². The lowest BCUT2D eigenvalue weighted by Crippen LogP contribution is -2.18. The molecule has 0 amide bonds. The Morgan fingerprint density at radius 2 is 1.00 bits per heavy atom. The van der Waals surface area contributed by atoms with Crippen LogP contribution in [0.4, 0.5) is 0 Å². The van der Waals surface area contributed by atoms with Crippen LogP contribution in [-0.4, -0.2) is 17.5 Å². The predicted molar refractivity (Wildman–Crippen MR) is 78.9 cm³/mol. The van der Waals surface area contributed by atoms with Gasteiger partial charge in [-0.25, -0.2) is 0 Å². The molecule has 0 saturated carbocycles. The topological polar surface area (TPSA) is 78.1 Å². The molecule has 0 saturated heterocycles. The fraction of sp³-hybridized carbons (Fsp3) is 0. The van der Waals surface area contributed by atoms with Crippen LogP contribution < -0.4 is 17.2 Å². The second kappa shape index (κ2) is 7.13. The Bertz CT molecular complexity index is 193. The van der Waals surface area contributed by atoms with E-state index < -0.39 is 0 Å². The second-order valence-corrected chi connectivity index (χ2v) is 8.03. The van der Waals surface area contributed by atoms with Gasteiger partial charge in [-0.2, -0.15) is 0 Å². The van der Waals surface area contributed by atoms with E-state index in [0.29, 0.717) is 13.0 Å². The molecule has 0 aromatic heterocycles. The molecule has 72 valence electrons. The summed E-state index contributed by atoms with van der Waals surface area (Å²) in [6.07, 6.45) is 0. The first kappa shape index (κ1) is 13.8. The van der Waals surface area contributed by atoms with Crippen molar-refractivity contribution >= 4 is 89.0 Å². The largest absolute Gasteiger partial charge is 0.385 e. The van der Waals surface area contributed by atoms with Crippen molar-refractivity contribution < 1.29 is 0 Å². The fourth-order valence-corrected chi connectivity index (χ4v) is 5.33. The van der Waals surface area contributed by atoms with Crippen LogP contribution in [-0.2, 0) is 0 Å². The minimum Gasteiger partial charge on any atom is -0.385 e. The molecule has 0 aliphatic heterocycles. The van der Waals surface area contributed by atoms with Gasteiger partial charge in [-0.15, -0.1) is 34.8 Å². The van der Waals surface area contributed by atoms with Gasteiger partial charge in [0.05, 0.1) is 0 Å². The van der Waals surface area contributed by atoms with E-state index in [9.17, 15) is 0 Å². The van der Waals surface area contributed by atoms with Crippen LogP contribution >= 0.6 is 71.5 Å². The van der Waals surface area contributed by atoms with Crippen LogP contribution in [0.1, 0.15) is 0 Å². The van der Waals surface area contributed by atoms with E-state index in [4.69, 9.17) is 53.9 Å². The lowest BCUT2D eigenvalue weighted by molar-refractivity contribution is 1.91. The number of nitrogens with two attached hydrogens (primary N) is 3. The summed E-state index contributed by atoms with van der Waals surface area (Å²) >= 11 is 17.9. The van der Waals surface area contributed by atoms with Crippen molar-refractivity contribution in [2.45, 2.75) is 0 Å². The smallest absolute Gasteiger partial charge is 0.362 e. The molecule has 0 aromatic carbocycles. The Hall–Kier alpha value is 0.785. The minimum atomic E-state index is -0.0903. The SMILES string of the molecule is NC(=S)SB(SC(N)=S)SC(N)=S. The standard InChI is InChI=1S/C3H6BN3S6/c5-1(8)11-4(12-2(6)9)13-3(7)10/h(H2,5,8)(H2,6,9)(H2,7,10). The van der Waals surface area contributed by atoms with Crippen molar-refractivity contribution in [1.29, 1.82) is 0 Å². The summed E-state index contributed by atoms with van der Waals surface area (Å²) in [5.41, 5.74) is 16.0. The van der Waals surface area contributed by atoms with Gasteiger partial charge in [0.15, 0.2) is 0 Å². The van der Waals surface area contributed by atoms with Crippen molar-refractivity contribution in [3.63, 3.8) is 0 Å². The predicted octanol–water partition coefficient (Wildman–Crippen LogP) is 0.902. The molecule has 0 radical (unpaired) electrons. The number of rotatable bonds is 3. The Morgan fingerprint density at radius 3 is 1.15 bits per heavy atom. The number of hydrogen-bond acceptors (Lipinski definition) is 6. The molecule has 0 bridgehead atoms. The molecule has 0 aliphatic carbocycles. The van der Waals surface area contributed by atoms with E-state index in [1.807, 2.05) is 0 Å². The summed E-state index contributed by atoms with van der Waals surface area (Å²) in [7, 11) is 0. The summed E-state index contributed by atoms with van der Waals surface area (Å²) in [6.45, 7) is 0. The highest BCUT2D eigenvalue weighted by Crippen LogP contribution is 2.29. The minimum absolute atomic E-state index is 0.0903. The van der Waals surface area contributed by atoms with E-state index >= 15 is 0 Å². The van der Waals surface area contributed by atoms with E-state index in [1.165, 1.54) is 34.8 Å². The van der Waals surface area contributed by atoms with Crippen molar-refractivity contribution in [3.05, 3.63) is 0 Å². The first-order chi connectivity index (χ1) is 5.91. The van der Waals surface area contributed by atoms with Crippen LogP contribution in [0.5, 0.6) is 0 Å². The molecule has 0 aliphatic rings. The monoisotopic (exact) mass is 287 g/mol. The van der Waals surface area contributed by atoms with Gasteiger partial charge in [0, 0.05) is 0 Å². The zero-order chi connectivity index (χ0) is 10.4. The lowest BCUT2D eigenvalue weighted by Gasteiger charge is -2.08. The molecule has 0 spiro atoms. The van der Waals surface area contributed by atoms with Crippen molar-refractivity contribution in [2.24, 2.45) is 17.2 Å². The highest BCUT2D eigenvalue weighted by Gasteiger charge is 2.20. The van der Waals surface area contributed by atoms with Crippen LogP contribution in [0.3, 0.4) is 0 Å². The van der Waals surface area contributed by atoms with Crippen LogP contribution in [0.15, 0.2) is 0 Å². The van der Waals surface area contributed by atoms with Crippen LogP contribution in [0, 0.1) is 0 Å².